The highest BCUT2D eigenvalue weighted by Crippen LogP contribution is 2.18. The lowest BCUT2D eigenvalue weighted by Gasteiger charge is -2.08. The van der Waals surface area contributed by atoms with Crippen LogP contribution in [-0.2, 0) is 11.3 Å². The molecule has 0 unspecified atom stereocenters. The van der Waals surface area contributed by atoms with Crippen LogP contribution in [0, 0.1) is 0 Å². The number of nitrogens with two attached hydrogens (primary N) is 1. The van der Waals surface area contributed by atoms with Crippen molar-refractivity contribution in [2.45, 2.75) is 19.9 Å². The highest BCUT2D eigenvalue weighted by Gasteiger charge is 2.08. The molecule has 2 aromatic rings. The van der Waals surface area contributed by atoms with Gasteiger partial charge in [0, 0.05) is 30.2 Å². The Morgan fingerprint density at radius 2 is 2.11 bits per heavy atom. The maximum atomic E-state index is 11.7. The Balaban J connectivity index is 2.13. The van der Waals surface area contributed by atoms with Crippen LogP contribution in [0.15, 0.2) is 36.7 Å². The number of aromatic nitrogens is 2. The molecule has 1 aromatic carbocycles. The molecule has 1 aromatic heterocycles. The number of anilines is 1. The van der Waals surface area contributed by atoms with Crippen molar-refractivity contribution in [3.05, 3.63) is 36.7 Å². The summed E-state index contributed by atoms with van der Waals surface area (Å²) in [7, 11) is 0. The standard InChI is InChI=1S/C14H18N4O/c1-2-7-16-13(19)10-18-9-8-17-14(18)11-3-5-12(15)6-4-11/h3-6,8-9H,2,7,10,15H2,1H3,(H,16,19). The molecule has 1 heterocycles. The van der Waals surface area contributed by atoms with Gasteiger partial charge in [-0.15, -0.1) is 0 Å². The molecule has 5 nitrogen and oxygen atoms in total. The Morgan fingerprint density at radius 3 is 2.79 bits per heavy atom. The third kappa shape index (κ3) is 3.34. The van der Waals surface area contributed by atoms with E-state index in [2.05, 4.69) is 10.3 Å². The number of nitrogens with one attached hydrogen (secondary N) is 1. The third-order valence-corrected chi connectivity index (χ3v) is 2.77. The van der Waals surface area contributed by atoms with Crippen LogP contribution >= 0.6 is 0 Å². The first-order valence-electron chi connectivity index (χ1n) is 6.34. The van der Waals surface area contributed by atoms with Crippen molar-refractivity contribution >= 4 is 11.6 Å². The van der Waals surface area contributed by atoms with Gasteiger partial charge >= 0.3 is 0 Å². The number of nitrogens with zero attached hydrogens (tertiary/aromatic N) is 2. The van der Waals surface area contributed by atoms with Crippen molar-refractivity contribution in [3.8, 4) is 11.4 Å². The van der Waals surface area contributed by atoms with Gasteiger partial charge < -0.3 is 15.6 Å². The zero-order valence-corrected chi connectivity index (χ0v) is 11.0. The monoisotopic (exact) mass is 258 g/mol. The number of imidazole rings is 1. The van der Waals surface area contributed by atoms with Gasteiger partial charge in [0.15, 0.2) is 0 Å². The number of amides is 1. The molecule has 0 aliphatic rings. The molecular formula is C14H18N4O. The predicted octanol–water partition coefficient (Wildman–Crippen LogP) is 1.66. The van der Waals surface area contributed by atoms with Crippen LogP contribution in [0.1, 0.15) is 13.3 Å². The van der Waals surface area contributed by atoms with Gasteiger partial charge in [-0.3, -0.25) is 4.79 Å². The predicted molar refractivity (Wildman–Crippen MR) is 75.4 cm³/mol. The molecule has 0 bridgehead atoms. The van der Waals surface area contributed by atoms with Crippen LogP contribution in [0.25, 0.3) is 11.4 Å². The van der Waals surface area contributed by atoms with Crippen LogP contribution in [0.3, 0.4) is 0 Å². The van der Waals surface area contributed by atoms with Crippen molar-refractivity contribution < 1.29 is 4.79 Å². The second-order valence-electron chi connectivity index (χ2n) is 4.35. The third-order valence-electron chi connectivity index (χ3n) is 2.77. The number of carbonyl (C=O) groups is 1. The average Bonchev–Trinajstić information content (AvgIpc) is 2.85. The Kier molecular flexibility index (Phi) is 4.18. The molecule has 0 atom stereocenters. The van der Waals surface area contributed by atoms with Gasteiger partial charge in [-0.25, -0.2) is 4.98 Å². The first-order valence-corrected chi connectivity index (χ1v) is 6.34. The summed E-state index contributed by atoms with van der Waals surface area (Å²) in [6, 6.07) is 7.45. The Bertz CT molecular complexity index is 545. The SMILES string of the molecule is CCCNC(=O)Cn1ccnc1-c1ccc(N)cc1. The minimum atomic E-state index is -0.00320. The van der Waals surface area contributed by atoms with Crippen molar-refractivity contribution in [2.24, 2.45) is 0 Å². The number of hydrogen-bond donors (Lipinski definition) is 2. The summed E-state index contributed by atoms with van der Waals surface area (Å²) >= 11 is 0. The molecule has 100 valence electrons. The van der Waals surface area contributed by atoms with E-state index < -0.39 is 0 Å². The van der Waals surface area contributed by atoms with Crippen LogP contribution in [-0.4, -0.2) is 22.0 Å². The summed E-state index contributed by atoms with van der Waals surface area (Å²) in [6.45, 7) is 3.00. The van der Waals surface area contributed by atoms with Crippen molar-refractivity contribution in [1.82, 2.24) is 14.9 Å². The van der Waals surface area contributed by atoms with Crippen LogP contribution in [0.5, 0.6) is 0 Å². The summed E-state index contributed by atoms with van der Waals surface area (Å²) in [5.74, 6) is 0.767. The Morgan fingerprint density at radius 1 is 1.37 bits per heavy atom. The molecule has 0 saturated carbocycles. The van der Waals surface area contributed by atoms with E-state index in [4.69, 9.17) is 5.73 Å². The Hall–Kier alpha value is -2.30. The van der Waals surface area contributed by atoms with Gasteiger partial charge in [0.2, 0.25) is 5.91 Å². The normalized spacial score (nSPS) is 10.4. The van der Waals surface area contributed by atoms with Gasteiger partial charge in [0.05, 0.1) is 0 Å². The van der Waals surface area contributed by atoms with Gasteiger partial charge in [0.25, 0.3) is 0 Å². The highest BCUT2D eigenvalue weighted by atomic mass is 16.1. The van der Waals surface area contributed by atoms with Crippen LogP contribution in [0.4, 0.5) is 5.69 Å². The lowest BCUT2D eigenvalue weighted by atomic mass is 10.2. The molecule has 0 saturated heterocycles. The fraction of sp³-hybridized carbons (Fsp3) is 0.286. The summed E-state index contributed by atoms with van der Waals surface area (Å²) in [5.41, 5.74) is 7.32. The molecule has 19 heavy (non-hydrogen) atoms. The summed E-state index contributed by atoms with van der Waals surface area (Å²) in [6.07, 6.45) is 4.43. The quantitative estimate of drug-likeness (QED) is 0.801. The first-order chi connectivity index (χ1) is 9.20. The smallest absolute Gasteiger partial charge is 0.239 e. The molecule has 5 heteroatoms. The van der Waals surface area contributed by atoms with Gasteiger partial charge in [-0.2, -0.15) is 0 Å². The fourth-order valence-corrected chi connectivity index (χ4v) is 1.80. The fourth-order valence-electron chi connectivity index (χ4n) is 1.80. The van der Waals surface area contributed by atoms with Crippen molar-refractivity contribution in [3.63, 3.8) is 0 Å². The summed E-state index contributed by atoms with van der Waals surface area (Å²) < 4.78 is 1.83. The van der Waals surface area contributed by atoms with E-state index >= 15 is 0 Å². The van der Waals surface area contributed by atoms with Gasteiger partial charge in [0.1, 0.15) is 12.4 Å². The van der Waals surface area contributed by atoms with Gasteiger partial charge in [-0.05, 0) is 30.7 Å². The van der Waals surface area contributed by atoms with E-state index in [1.54, 1.807) is 12.4 Å². The maximum absolute atomic E-state index is 11.7. The molecule has 0 aliphatic heterocycles. The summed E-state index contributed by atoms with van der Waals surface area (Å²) in [5, 5.41) is 2.85. The van der Waals surface area contributed by atoms with E-state index in [1.165, 1.54) is 0 Å². The molecule has 0 aliphatic carbocycles. The largest absolute Gasteiger partial charge is 0.399 e. The topological polar surface area (TPSA) is 72.9 Å². The molecule has 3 N–H and O–H groups in total. The second kappa shape index (κ2) is 6.04. The molecule has 2 rings (SSSR count). The first kappa shape index (κ1) is 13.1. The molecular weight excluding hydrogens is 240 g/mol. The van der Waals surface area contributed by atoms with E-state index in [0.29, 0.717) is 12.2 Å². The lowest BCUT2D eigenvalue weighted by molar-refractivity contribution is -0.121. The molecule has 0 spiro atoms. The van der Waals surface area contributed by atoms with E-state index in [-0.39, 0.29) is 12.5 Å². The van der Waals surface area contributed by atoms with E-state index in [0.717, 1.165) is 17.8 Å². The molecule has 0 fully saturated rings. The number of hydrogen-bond acceptors (Lipinski definition) is 3. The zero-order chi connectivity index (χ0) is 13.7. The molecule has 0 radical (unpaired) electrons. The number of rotatable bonds is 5. The minimum Gasteiger partial charge on any atom is -0.399 e. The second-order valence-corrected chi connectivity index (χ2v) is 4.35. The van der Waals surface area contributed by atoms with Crippen molar-refractivity contribution in [1.29, 1.82) is 0 Å². The average molecular weight is 258 g/mol. The number of carbonyl (C=O) groups excluding carboxylic acids is 1. The zero-order valence-electron chi connectivity index (χ0n) is 11.0. The maximum Gasteiger partial charge on any atom is 0.239 e. The van der Waals surface area contributed by atoms with Crippen molar-refractivity contribution in [2.75, 3.05) is 12.3 Å². The number of nitrogen functional groups attached to an aromatic ring is 1. The highest BCUT2D eigenvalue weighted by molar-refractivity contribution is 5.76. The number of benzene rings is 1. The lowest BCUT2D eigenvalue weighted by Crippen LogP contribution is -2.28. The summed E-state index contributed by atoms with van der Waals surface area (Å²) in [4.78, 5) is 16.0. The molecule has 1 amide bonds. The van der Waals surface area contributed by atoms with E-state index in [1.807, 2.05) is 35.8 Å². The van der Waals surface area contributed by atoms with Crippen LogP contribution < -0.4 is 11.1 Å². The Labute approximate surface area is 112 Å². The van der Waals surface area contributed by atoms with Gasteiger partial charge in [-0.1, -0.05) is 6.92 Å². The van der Waals surface area contributed by atoms with Crippen LogP contribution in [0.2, 0.25) is 0 Å². The van der Waals surface area contributed by atoms with E-state index in [9.17, 15) is 4.79 Å². The minimum absolute atomic E-state index is 0.00320.